The van der Waals surface area contributed by atoms with Gasteiger partial charge in [0.05, 0.1) is 11.4 Å². The molecule has 0 aliphatic carbocycles. The largest absolute Gasteiger partial charge is 0.310 e. The molecule has 0 saturated carbocycles. The Morgan fingerprint density at radius 2 is 1.84 bits per heavy atom. The molecule has 0 spiro atoms. The predicted molar refractivity (Wildman–Crippen MR) is 126 cm³/mol. The Bertz CT molecular complexity index is 1380. The van der Waals surface area contributed by atoms with E-state index in [4.69, 9.17) is 0 Å². The number of nitrogens with zero attached hydrogens (tertiary/aromatic N) is 4. The maximum atomic E-state index is 14.6. The highest BCUT2D eigenvalue weighted by Gasteiger charge is 2.18. The summed E-state index contributed by atoms with van der Waals surface area (Å²) in [5.74, 6) is 0.204. The van der Waals surface area contributed by atoms with Gasteiger partial charge >= 0.3 is 0 Å². The summed E-state index contributed by atoms with van der Waals surface area (Å²) in [6.45, 7) is 6.97. The highest BCUT2D eigenvalue weighted by Crippen LogP contribution is 2.38. The van der Waals surface area contributed by atoms with Gasteiger partial charge in [0.15, 0.2) is 5.82 Å². The fourth-order valence-corrected chi connectivity index (χ4v) is 3.58. The van der Waals surface area contributed by atoms with Gasteiger partial charge in [-0.05, 0) is 44.0 Å². The normalized spacial score (nSPS) is 11.1. The maximum Gasteiger partial charge on any atom is 0.222 e. The summed E-state index contributed by atoms with van der Waals surface area (Å²) in [4.78, 5) is 29.2. The average molecular weight is 425 g/mol. The molecule has 0 unspecified atom stereocenters. The Balaban J connectivity index is 2.06. The highest BCUT2D eigenvalue weighted by atomic mass is 19.1. The van der Waals surface area contributed by atoms with E-state index in [0.717, 1.165) is 10.8 Å². The minimum absolute atomic E-state index is 0.220. The number of benzene rings is 1. The number of anilines is 1. The average Bonchev–Trinajstić information content (AvgIpc) is 2.79. The molecule has 158 valence electrons. The van der Waals surface area contributed by atoms with E-state index in [1.807, 2.05) is 25.1 Å². The molecule has 0 aliphatic heterocycles. The van der Waals surface area contributed by atoms with Crippen molar-refractivity contribution in [3.8, 4) is 22.5 Å². The van der Waals surface area contributed by atoms with Crippen LogP contribution >= 0.6 is 0 Å². The van der Waals surface area contributed by atoms with Crippen LogP contribution in [0.3, 0.4) is 0 Å². The number of carbonyl (C=O) groups excluding carboxylic acids is 1. The molecule has 7 heteroatoms. The highest BCUT2D eigenvalue weighted by molar-refractivity contribution is 6.05. The topological polar surface area (TPSA) is 80.1 Å². The number of allylic oxidation sites excluding steroid dienone is 1. The molecule has 0 fully saturated rings. The van der Waals surface area contributed by atoms with E-state index in [-0.39, 0.29) is 11.7 Å². The number of aromatic nitrogens is 3. The molecule has 0 atom stereocenters. The van der Waals surface area contributed by atoms with Gasteiger partial charge in [-0.25, -0.2) is 19.4 Å². The second kappa shape index (κ2) is 8.85. The van der Waals surface area contributed by atoms with Crippen molar-refractivity contribution in [3.63, 3.8) is 0 Å². The fraction of sp³-hybridized carbons (Fsp3) is 0.0800. The van der Waals surface area contributed by atoms with Crippen LogP contribution in [0.4, 0.5) is 16.0 Å². The van der Waals surface area contributed by atoms with Crippen molar-refractivity contribution < 1.29 is 9.18 Å². The fourth-order valence-electron chi connectivity index (χ4n) is 3.58. The van der Waals surface area contributed by atoms with Gasteiger partial charge in [0, 0.05) is 46.8 Å². The van der Waals surface area contributed by atoms with Gasteiger partial charge in [-0.2, -0.15) is 0 Å². The molecule has 3 aromatic heterocycles. The van der Waals surface area contributed by atoms with E-state index in [2.05, 4.69) is 32.0 Å². The lowest BCUT2D eigenvalue weighted by Gasteiger charge is -2.14. The Morgan fingerprint density at radius 1 is 1.09 bits per heavy atom. The number of nitrogens with one attached hydrogen (secondary N) is 1. The third kappa shape index (κ3) is 3.88. The first kappa shape index (κ1) is 21.0. The molecule has 32 heavy (non-hydrogen) atoms. The first-order valence-electron chi connectivity index (χ1n) is 9.94. The number of hydrogen-bond donors (Lipinski definition) is 1. The number of amides is 1. The second-order valence-electron chi connectivity index (χ2n) is 7.03. The Kier molecular flexibility index (Phi) is 5.81. The molecule has 0 aliphatic rings. The van der Waals surface area contributed by atoms with Crippen LogP contribution < -0.4 is 5.32 Å². The van der Waals surface area contributed by atoms with Crippen molar-refractivity contribution in [3.05, 3.63) is 72.3 Å². The van der Waals surface area contributed by atoms with Crippen LogP contribution in [0.2, 0.25) is 0 Å². The minimum Gasteiger partial charge on any atom is -0.310 e. The van der Waals surface area contributed by atoms with Crippen LogP contribution in [0.15, 0.2) is 65.9 Å². The van der Waals surface area contributed by atoms with Crippen molar-refractivity contribution in [2.45, 2.75) is 13.8 Å². The first-order chi connectivity index (χ1) is 15.5. The molecule has 1 N–H and O–H groups in total. The standard InChI is InChI=1S/C25H20FN5O/c1-4-7-17-20(14-22(31-24(17)27-3)19-8-5-6-9-21(19)26)23-16-10-13-29-25(30-15(2)32)18(16)11-12-28-23/h4-14H,3H2,1-2H3,(H,29,30,32)/b7-4-. The van der Waals surface area contributed by atoms with E-state index in [0.29, 0.717) is 39.7 Å². The van der Waals surface area contributed by atoms with Gasteiger partial charge in [0.2, 0.25) is 5.91 Å². The number of aliphatic imine (C=N–C) groups is 1. The lowest BCUT2D eigenvalue weighted by atomic mass is 9.97. The Labute approximate surface area is 184 Å². The third-order valence-corrected chi connectivity index (χ3v) is 4.91. The number of rotatable bonds is 5. The lowest BCUT2D eigenvalue weighted by molar-refractivity contribution is -0.114. The van der Waals surface area contributed by atoms with Crippen LogP contribution in [-0.4, -0.2) is 27.6 Å². The van der Waals surface area contributed by atoms with E-state index >= 15 is 0 Å². The zero-order chi connectivity index (χ0) is 22.7. The summed E-state index contributed by atoms with van der Waals surface area (Å²) >= 11 is 0. The summed E-state index contributed by atoms with van der Waals surface area (Å²) in [6, 6.07) is 11.8. The Morgan fingerprint density at radius 3 is 2.56 bits per heavy atom. The first-order valence-corrected chi connectivity index (χ1v) is 9.94. The number of pyridine rings is 3. The van der Waals surface area contributed by atoms with Gasteiger partial charge in [-0.15, -0.1) is 0 Å². The SMILES string of the molecule is C=Nc1nc(-c2ccccc2F)cc(-c2nccc3c(NC(C)=O)nccc23)c1/C=C\C. The second-order valence-corrected chi connectivity index (χ2v) is 7.03. The molecule has 0 saturated heterocycles. The number of hydrogen-bond acceptors (Lipinski definition) is 5. The Hall–Kier alpha value is -4.26. The maximum absolute atomic E-state index is 14.6. The van der Waals surface area contributed by atoms with Crippen molar-refractivity contribution in [1.29, 1.82) is 0 Å². The van der Waals surface area contributed by atoms with Crippen LogP contribution in [-0.2, 0) is 4.79 Å². The van der Waals surface area contributed by atoms with E-state index in [1.165, 1.54) is 13.0 Å². The van der Waals surface area contributed by atoms with E-state index < -0.39 is 0 Å². The van der Waals surface area contributed by atoms with Crippen LogP contribution in [0.5, 0.6) is 0 Å². The molecule has 0 bridgehead atoms. The molecule has 1 amide bonds. The number of carbonyl (C=O) groups is 1. The zero-order valence-electron chi connectivity index (χ0n) is 17.6. The molecular weight excluding hydrogens is 405 g/mol. The molecule has 6 nitrogen and oxygen atoms in total. The molecule has 1 aromatic carbocycles. The summed E-state index contributed by atoms with van der Waals surface area (Å²) in [7, 11) is 0. The zero-order valence-corrected chi connectivity index (χ0v) is 17.6. The quantitative estimate of drug-likeness (QED) is 0.409. The molecular formula is C25H20FN5O. The van der Waals surface area contributed by atoms with E-state index in [9.17, 15) is 9.18 Å². The third-order valence-electron chi connectivity index (χ3n) is 4.91. The lowest BCUT2D eigenvalue weighted by Crippen LogP contribution is -2.08. The summed E-state index contributed by atoms with van der Waals surface area (Å²) in [5.41, 5.74) is 2.83. The van der Waals surface area contributed by atoms with Crippen molar-refractivity contribution >= 4 is 41.1 Å². The van der Waals surface area contributed by atoms with Gasteiger partial charge in [0.25, 0.3) is 0 Å². The van der Waals surface area contributed by atoms with E-state index in [1.54, 1.807) is 42.7 Å². The van der Waals surface area contributed by atoms with Gasteiger partial charge in [0.1, 0.15) is 11.6 Å². The van der Waals surface area contributed by atoms with Gasteiger partial charge < -0.3 is 5.32 Å². The van der Waals surface area contributed by atoms with Crippen molar-refractivity contribution in [1.82, 2.24) is 15.0 Å². The monoisotopic (exact) mass is 425 g/mol. The van der Waals surface area contributed by atoms with Gasteiger partial charge in [-0.1, -0.05) is 24.3 Å². The summed E-state index contributed by atoms with van der Waals surface area (Å²) < 4.78 is 14.6. The number of fused-ring (bicyclic) bond motifs is 1. The molecule has 4 aromatic rings. The molecule has 3 heterocycles. The minimum atomic E-state index is -0.386. The van der Waals surface area contributed by atoms with Crippen molar-refractivity contribution in [2.24, 2.45) is 4.99 Å². The van der Waals surface area contributed by atoms with Crippen LogP contribution in [0.25, 0.3) is 39.4 Å². The van der Waals surface area contributed by atoms with Crippen LogP contribution in [0, 0.1) is 5.82 Å². The molecule has 4 rings (SSSR count). The predicted octanol–water partition coefficient (Wildman–Crippen LogP) is 5.82. The summed E-state index contributed by atoms with van der Waals surface area (Å²) in [5, 5.41) is 4.26. The van der Waals surface area contributed by atoms with Gasteiger partial charge in [-0.3, -0.25) is 9.78 Å². The smallest absolute Gasteiger partial charge is 0.222 e. The summed E-state index contributed by atoms with van der Waals surface area (Å²) in [6.07, 6.45) is 7.00. The van der Waals surface area contributed by atoms with Crippen LogP contribution in [0.1, 0.15) is 19.4 Å². The number of halogens is 1. The van der Waals surface area contributed by atoms with Crippen molar-refractivity contribution in [2.75, 3.05) is 5.32 Å². The molecule has 0 radical (unpaired) electrons.